The van der Waals surface area contributed by atoms with Gasteiger partial charge in [0.1, 0.15) is 11.5 Å². The number of anilines is 1. The molecule has 0 aromatic heterocycles. The highest BCUT2D eigenvalue weighted by molar-refractivity contribution is 5.93. The summed E-state index contributed by atoms with van der Waals surface area (Å²) in [5, 5.41) is 12.4. The lowest BCUT2D eigenvalue weighted by molar-refractivity contribution is -0.115. The standard InChI is InChI=1S/C18H19NO5/c1-11(2)24-16-9-13(20)4-5-14(16)19-18(21)8-12-3-6-15-17(7-12)23-10-22-15/h3-7,9,11,20H,8,10H2,1-2H3,(H,19,21). The summed E-state index contributed by atoms with van der Waals surface area (Å²) in [5.74, 6) is 1.66. The van der Waals surface area contributed by atoms with Gasteiger partial charge in [-0.2, -0.15) is 0 Å². The molecule has 1 heterocycles. The summed E-state index contributed by atoms with van der Waals surface area (Å²) in [4.78, 5) is 12.3. The molecule has 0 aliphatic carbocycles. The van der Waals surface area contributed by atoms with Crippen LogP contribution in [0.5, 0.6) is 23.0 Å². The molecule has 0 bridgehead atoms. The van der Waals surface area contributed by atoms with Crippen LogP contribution in [0.15, 0.2) is 36.4 Å². The molecule has 0 saturated carbocycles. The third-order valence-corrected chi connectivity index (χ3v) is 3.40. The minimum atomic E-state index is -0.187. The quantitative estimate of drug-likeness (QED) is 0.824. The van der Waals surface area contributed by atoms with Crippen LogP contribution in [0.3, 0.4) is 0 Å². The maximum atomic E-state index is 12.3. The number of phenols is 1. The van der Waals surface area contributed by atoms with Crippen molar-refractivity contribution in [2.75, 3.05) is 12.1 Å². The fraction of sp³-hybridized carbons (Fsp3) is 0.278. The molecular weight excluding hydrogens is 310 g/mol. The average molecular weight is 329 g/mol. The molecule has 0 saturated heterocycles. The normalized spacial score (nSPS) is 12.3. The van der Waals surface area contributed by atoms with Gasteiger partial charge in [0, 0.05) is 6.07 Å². The van der Waals surface area contributed by atoms with Crippen LogP contribution in [-0.2, 0) is 11.2 Å². The zero-order valence-electron chi connectivity index (χ0n) is 13.5. The number of phenolic OH excluding ortho intramolecular Hbond substituents is 1. The Kier molecular flexibility index (Phi) is 4.46. The number of hydrogen-bond donors (Lipinski definition) is 2. The average Bonchev–Trinajstić information content (AvgIpc) is 2.97. The van der Waals surface area contributed by atoms with Crippen molar-refractivity contribution < 1.29 is 24.1 Å². The highest BCUT2D eigenvalue weighted by Gasteiger charge is 2.15. The van der Waals surface area contributed by atoms with Crippen molar-refractivity contribution in [3.8, 4) is 23.0 Å². The van der Waals surface area contributed by atoms with Crippen LogP contribution in [0.1, 0.15) is 19.4 Å². The van der Waals surface area contributed by atoms with E-state index in [2.05, 4.69) is 5.32 Å². The Morgan fingerprint density at radius 3 is 2.79 bits per heavy atom. The minimum Gasteiger partial charge on any atom is -0.508 e. The first-order valence-corrected chi connectivity index (χ1v) is 7.69. The molecule has 0 atom stereocenters. The minimum absolute atomic E-state index is 0.0729. The zero-order valence-corrected chi connectivity index (χ0v) is 13.5. The van der Waals surface area contributed by atoms with Gasteiger partial charge in [-0.15, -0.1) is 0 Å². The summed E-state index contributed by atoms with van der Waals surface area (Å²) in [6.07, 6.45) is 0.120. The number of fused-ring (bicyclic) bond motifs is 1. The smallest absolute Gasteiger partial charge is 0.231 e. The molecule has 6 heteroatoms. The molecule has 0 fully saturated rings. The molecule has 2 aromatic carbocycles. The van der Waals surface area contributed by atoms with Crippen LogP contribution in [0, 0.1) is 0 Å². The van der Waals surface area contributed by atoms with Gasteiger partial charge in [-0.1, -0.05) is 6.07 Å². The van der Waals surface area contributed by atoms with E-state index in [9.17, 15) is 9.90 Å². The van der Waals surface area contributed by atoms with Gasteiger partial charge in [-0.3, -0.25) is 4.79 Å². The maximum Gasteiger partial charge on any atom is 0.231 e. The van der Waals surface area contributed by atoms with E-state index in [4.69, 9.17) is 14.2 Å². The number of rotatable bonds is 5. The third kappa shape index (κ3) is 3.71. The molecule has 24 heavy (non-hydrogen) atoms. The van der Waals surface area contributed by atoms with E-state index in [1.807, 2.05) is 19.9 Å². The first kappa shape index (κ1) is 16.0. The highest BCUT2D eigenvalue weighted by atomic mass is 16.7. The number of benzene rings is 2. The molecule has 1 aliphatic heterocycles. The van der Waals surface area contributed by atoms with Crippen LogP contribution >= 0.6 is 0 Å². The van der Waals surface area contributed by atoms with E-state index in [1.165, 1.54) is 12.1 Å². The Hall–Kier alpha value is -2.89. The van der Waals surface area contributed by atoms with Crippen molar-refractivity contribution in [2.24, 2.45) is 0 Å². The van der Waals surface area contributed by atoms with E-state index < -0.39 is 0 Å². The van der Waals surface area contributed by atoms with Crippen LogP contribution in [0.25, 0.3) is 0 Å². The van der Waals surface area contributed by atoms with Gasteiger partial charge in [0.05, 0.1) is 18.2 Å². The van der Waals surface area contributed by atoms with Crippen molar-refractivity contribution in [2.45, 2.75) is 26.4 Å². The molecule has 0 unspecified atom stereocenters. The summed E-state index contributed by atoms with van der Waals surface area (Å²) in [6.45, 7) is 3.96. The van der Waals surface area contributed by atoms with Crippen molar-refractivity contribution in [1.82, 2.24) is 0 Å². The number of ether oxygens (including phenoxy) is 3. The van der Waals surface area contributed by atoms with Gasteiger partial charge in [-0.25, -0.2) is 0 Å². The second kappa shape index (κ2) is 6.70. The summed E-state index contributed by atoms with van der Waals surface area (Å²) >= 11 is 0. The molecule has 6 nitrogen and oxygen atoms in total. The second-order valence-electron chi connectivity index (χ2n) is 5.76. The Labute approximate surface area is 140 Å². The van der Waals surface area contributed by atoms with E-state index >= 15 is 0 Å². The van der Waals surface area contributed by atoms with Gasteiger partial charge in [0.2, 0.25) is 12.7 Å². The number of aromatic hydroxyl groups is 1. The van der Waals surface area contributed by atoms with E-state index in [0.717, 1.165) is 5.56 Å². The van der Waals surface area contributed by atoms with Gasteiger partial charge >= 0.3 is 0 Å². The molecule has 0 spiro atoms. The summed E-state index contributed by atoms with van der Waals surface area (Å²) in [5.41, 5.74) is 1.34. The summed E-state index contributed by atoms with van der Waals surface area (Å²) in [6, 6.07) is 10.0. The van der Waals surface area contributed by atoms with Crippen LogP contribution in [-0.4, -0.2) is 23.9 Å². The predicted molar refractivity (Wildman–Crippen MR) is 88.8 cm³/mol. The first-order chi connectivity index (χ1) is 11.5. The molecular formula is C18H19NO5. The molecule has 126 valence electrons. The van der Waals surface area contributed by atoms with Gasteiger partial charge in [0.25, 0.3) is 0 Å². The van der Waals surface area contributed by atoms with Crippen LogP contribution in [0.4, 0.5) is 5.69 Å². The topological polar surface area (TPSA) is 77.0 Å². The van der Waals surface area contributed by atoms with E-state index in [-0.39, 0.29) is 31.0 Å². The molecule has 0 radical (unpaired) electrons. The van der Waals surface area contributed by atoms with Crippen LogP contribution in [0.2, 0.25) is 0 Å². The molecule has 2 aromatic rings. The monoisotopic (exact) mass is 329 g/mol. The van der Waals surface area contributed by atoms with Gasteiger partial charge in [-0.05, 0) is 43.7 Å². The fourth-order valence-electron chi connectivity index (χ4n) is 2.40. The van der Waals surface area contributed by atoms with Gasteiger partial charge in [0.15, 0.2) is 11.5 Å². The Balaban J connectivity index is 1.71. The molecule has 3 rings (SSSR count). The lowest BCUT2D eigenvalue weighted by Gasteiger charge is -2.15. The Bertz CT molecular complexity index is 757. The number of carbonyl (C=O) groups excluding carboxylic acids is 1. The van der Waals surface area contributed by atoms with Crippen molar-refractivity contribution in [3.05, 3.63) is 42.0 Å². The number of amides is 1. The Morgan fingerprint density at radius 2 is 2.00 bits per heavy atom. The van der Waals surface area contributed by atoms with Crippen molar-refractivity contribution >= 4 is 11.6 Å². The van der Waals surface area contributed by atoms with Crippen LogP contribution < -0.4 is 19.5 Å². The molecule has 1 amide bonds. The molecule has 1 aliphatic rings. The molecule has 2 N–H and O–H groups in total. The first-order valence-electron chi connectivity index (χ1n) is 7.69. The summed E-state index contributed by atoms with van der Waals surface area (Å²) in [7, 11) is 0. The maximum absolute atomic E-state index is 12.3. The lowest BCUT2D eigenvalue weighted by Crippen LogP contribution is -2.16. The van der Waals surface area contributed by atoms with E-state index in [1.54, 1.807) is 18.2 Å². The number of nitrogens with one attached hydrogen (secondary N) is 1. The van der Waals surface area contributed by atoms with Crippen molar-refractivity contribution in [1.29, 1.82) is 0 Å². The number of hydrogen-bond acceptors (Lipinski definition) is 5. The highest BCUT2D eigenvalue weighted by Crippen LogP contribution is 2.33. The number of carbonyl (C=O) groups is 1. The third-order valence-electron chi connectivity index (χ3n) is 3.40. The Morgan fingerprint density at radius 1 is 1.21 bits per heavy atom. The summed E-state index contributed by atoms with van der Waals surface area (Å²) < 4.78 is 16.2. The SMILES string of the molecule is CC(C)Oc1cc(O)ccc1NC(=O)Cc1ccc2c(c1)OCO2. The lowest BCUT2D eigenvalue weighted by atomic mass is 10.1. The predicted octanol–water partition coefficient (Wildman–Crippen LogP) is 3.09. The largest absolute Gasteiger partial charge is 0.508 e. The second-order valence-corrected chi connectivity index (χ2v) is 5.76. The zero-order chi connectivity index (χ0) is 17.1. The fourth-order valence-corrected chi connectivity index (χ4v) is 2.40. The van der Waals surface area contributed by atoms with Crippen molar-refractivity contribution in [3.63, 3.8) is 0 Å². The van der Waals surface area contributed by atoms with Gasteiger partial charge < -0.3 is 24.6 Å². The van der Waals surface area contributed by atoms with E-state index in [0.29, 0.717) is 22.9 Å².